The summed E-state index contributed by atoms with van der Waals surface area (Å²) >= 11 is 0. The maximum atomic E-state index is 14.0. The van der Waals surface area contributed by atoms with Gasteiger partial charge in [0.25, 0.3) is 11.6 Å². The maximum absolute atomic E-state index is 14.0. The van der Waals surface area contributed by atoms with Gasteiger partial charge in [0.15, 0.2) is 5.69 Å². The number of halogens is 3. The van der Waals surface area contributed by atoms with Crippen LogP contribution >= 0.6 is 0 Å². The number of fused-ring (bicyclic) bond motifs is 1. The number of carbonyl (C=O) groups is 1. The Labute approximate surface area is 210 Å². The van der Waals surface area contributed by atoms with Crippen LogP contribution in [-0.4, -0.2) is 41.5 Å². The molecule has 1 aliphatic heterocycles. The van der Waals surface area contributed by atoms with Crippen molar-refractivity contribution in [3.63, 3.8) is 0 Å². The minimum absolute atomic E-state index is 0.0555. The van der Waals surface area contributed by atoms with Crippen LogP contribution in [0.4, 0.5) is 13.2 Å². The summed E-state index contributed by atoms with van der Waals surface area (Å²) in [5.41, 5.74) is 2.43. The largest absolute Gasteiger partial charge is 0.435 e. The number of nitrogens with one attached hydrogen (secondary N) is 1. The maximum Gasteiger partial charge on any atom is 0.435 e. The van der Waals surface area contributed by atoms with E-state index in [0.717, 1.165) is 11.3 Å². The summed E-state index contributed by atoms with van der Waals surface area (Å²) in [4.78, 5) is 15.4. The van der Waals surface area contributed by atoms with Crippen LogP contribution in [0.15, 0.2) is 41.4 Å². The topological polar surface area (TPSA) is 97.9 Å². The molecular weight excluding hydrogens is 487 g/mol. The number of carbonyl (C=O) groups excluding carboxylic acids is 1. The van der Waals surface area contributed by atoms with E-state index in [1.807, 2.05) is 20.2 Å². The average molecular weight is 514 g/mol. The van der Waals surface area contributed by atoms with Gasteiger partial charge in [-0.2, -0.15) is 23.4 Å². The fourth-order valence-corrected chi connectivity index (χ4v) is 4.82. The summed E-state index contributed by atoms with van der Waals surface area (Å²) in [6.45, 7) is 4.74. The monoisotopic (exact) mass is 513 g/mol. The van der Waals surface area contributed by atoms with Crippen molar-refractivity contribution in [3.8, 4) is 11.1 Å². The number of aryl methyl sites for hydroxylation is 3. The molecule has 0 unspecified atom stereocenters. The second kappa shape index (κ2) is 9.09. The molecule has 37 heavy (non-hydrogen) atoms. The van der Waals surface area contributed by atoms with Gasteiger partial charge < -0.3 is 9.32 Å². The quantitative estimate of drug-likeness (QED) is 0.425. The number of rotatable bonds is 6. The molecule has 194 valence electrons. The smallest absolute Gasteiger partial charge is 0.432 e. The SMILES string of the molecule is CCn1cc(-c2cc(Cn3ccoc3=N)cc3c2CCN(Cc2cn(C)nc2C)C3=O)c(C(F)(F)F)n1. The third-order valence-corrected chi connectivity index (χ3v) is 6.61. The molecule has 0 aliphatic carbocycles. The van der Waals surface area contributed by atoms with Crippen LogP contribution in [0.2, 0.25) is 0 Å². The van der Waals surface area contributed by atoms with Crippen LogP contribution < -0.4 is 5.68 Å². The van der Waals surface area contributed by atoms with Gasteiger partial charge in [-0.25, -0.2) is 0 Å². The van der Waals surface area contributed by atoms with Crippen LogP contribution in [0, 0.1) is 12.3 Å². The first-order chi connectivity index (χ1) is 17.5. The zero-order valence-electron chi connectivity index (χ0n) is 20.6. The lowest BCUT2D eigenvalue weighted by atomic mass is 9.88. The summed E-state index contributed by atoms with van der Waals surface area (Å²) in [5.74, 6) is -0.257. The van der Waals surface area contributed by atoms with Crippen molar-refractivity contribution >= 4 is 5.91 Å². The molecule has 3 aromatic heterocycles. The third-order valence-electron chi connectivity index (χ3n) is 6.61. The van der Waals surface area contributed by atoms with Crippen molar-refractivity contribution in [2.75, 3.05) is 6.54 Å². The molecule has 1 aromatic carbocycles. The molecule has 0 bridgehead atoms. The minimum Gasteiger partial charge on any atom is -0.432 e. The van der Waals surface area contributed by atoms with E-state index in [2.05, 4.69) is 10.2 Å². The molecule has 1 aliphatic rings. The van der Waals surface area contributed by atoms with Gasteiger partial charge in [0.2, 0.25) is 0 Å². The molecule has 1 amide bonds. The summed E-state index contributed by atoms with van der Waals surface area (Å²) in [7, 11) is 1.81. The van der Waals surface area contributed by atoms with Crippen LogP contribution in [0.5, 0.6) is 0 Å². The Kier molecular flexibility index (Phi) is 6.04. The molecule has 0 atom stereocenters. The van der Waals surface area contributed by atoms with Crippen molar-refractivity contribution in [2.24, 2.45) is 7.05 Å². The number of benzene rings is 1. The summed E-state index contributed by atoms with van der Waals surface area (Å²) < 4.78 is 51.5. The minimum atomic E-state index is -4.66. The van der Waals surface area contributed by atoms with Crippen LogP contribution in [-0.2, 0) is 39.3 Å². The molecule has 0 saturated carbocycles. The summed E-state index contributed by atoms with van der Waals surface area (Å²) in [6, 6.07) is 3.37. The molecular formula is C25H26F3N7O2. The predicted molar refractivity (Wildman–Crippen MR) is 126 cm³/mol. The van der Waals surface area contributed by atoms with E-state index in [4.69, 9.17) is 9.83 Å². The Morgan fingerprint density at radius 1 is 1.11 bits per heavy atom. The molecule has 1 N–H and O–H groups in total. The number of hydrogen-bond acceptors (Lipinski definition) is 5. The number of oxazole rings is 1. The number of aromatic nitrogens is 5. The first kappa shape index (κ1) is 24.6. The van der Waals surface area contributed by atoms with Crippen molar-refractivity contribution in [2.45, 2.75) is 46.1 Å². The number of amides is 1. The van der Waals surface area contributed by atoms with Crippen molar-refractivity contribution in [1.29, 1.82) is 5.41 Å². The molecule has 0 saturated heterocycles. The lowest BCUT2D eigenvalue weighted by Gasteiger charge is -2.30. The molecule has 5 rings (SSSR count). The van der Waals surface area contributed by atoms with Gasteiger partial charge in [0, 0.05) is 62.0 Å². The average Bonchev–Trinajstić information content (AvgIpc) is 3.54. The van der Waals surface area contributed by atoms with Crippen LogP contribution in [0.1, 0.15) is 45.4 Å². The first-order valence-electron chi connectivity index (χ1n) is 11.8. The number of alkyl halides is 3. The first-order valence-corrected chi connectivity index (χ1v) is 11.8. The lowest BCUT2D eigenvalue weighted by Crippen LogP contribution is -2.37. The molecule has 4 heterocycles. The van der Waals surface area contributed by atoms with E-state index < -0.39 is 11.9 Å². The Balaban J connectivity index is 1.64. The highest BCUT2D eigenvalue weighted by atomic mass is 19.4. The fraction of sp³-hybridized carbons (Fsp3) is 0.360. The van der Waals surface area contributed by atoms with Gasteiger partial charge in [0.05, 0.1) is 12.2 Å². The molecule has 0 spiro atoms. The molecule has 4 aromatic rings. The van der Waals surface area contributed by atoms with Gasteiger partial charge in [-0.15, -0.1) is 0 Å². The van der Waals surface area contributed by atoms with Crippen molar-refractivity contribution < 1.29 is 22.4 Å². The Hall–Kier alpha value is -4.09. The third kappa shape index (κ3) is 4.58. The number of hydrogen-bond donors (Lipinski definition) is 1. The Morgan fingerprint density at radius 2 is 1.86 bits per heavy atom. The van der Waals surface area contributed by atoms with E-state index in [9.17, 15) is 18.0 Å². The molecule has 12 heteroatoms. The van der Waals surface area contributed by atoms with Gasteiger partial charge in [-0.3, -0.25) is 24.1 Å². The standard InChI is InChI=1S/C25H26F3N7O2/c1-4-35-14-21(22(31-35)25(26,27)28)19-9-16(11-34-7-8-37-24(34)29)10-20-18(19)5-6-33(23(20)36)13-17-12-32(3)30-15(17)2/h7-10,12,14,29H,4-6,11,13H2,1-3H3. The van der Waals surface area contributed by atoms with E-state index in [1.54, 1.807) is 34.8 Å². The lowest BCUT2D eigenvalue weighted by molar-refractivity contribution is -0.141. The Morgan fingerprint density at radius 3 is 2.49 bits per heavy atom. The summed E-state index contributed by atoms with van der Waals surface area (Å²) in [6.07, 6.45) is 1.91. The molecule has 0 radical (unpaired) electrons. The van der Waals surface area contributed by atoms with Crippen LogP contribution in [0.25, 0.3) is 11.1 Å². The van der Waals surface area contributed by atoms with Crippen LogP contribution in [0.3, 0.4) is 0 Å². The number of nitrogens with zero attached hydrogens (tertiary/aromatic N) is 6. The Bertz CT molecular complexity index is 1540. The zero-order valence-corrected chi connectivity index (χ0v) is 20.6. The van der Waals surface area contributed by atoms with E-state index in [-0.39, 0.29) is 30.2 Å². The zero-order chi connectivity index (χ0) is 26.5. The van der Waals surface area contributed by atoms with Gasteiger partial charge in [-0.05, 0) is 49.1 Å². The van der Waals surface area contributed by atoms with E-state index in [1.165, 1.54) is 21.7 Å². The summed E-state index contributed by atoms with van der Waals surface area (Å²) in [5, 5.41) is 16.0. The molecule has 9 nitrogen and oxygen atoms in total. The normalized spacial score (nSPS) is 13.9. The second-order valence-electron chi connectivity index (χ2n) is 9.14. The highest BCUT2D eigenvalue weighted by Crippen LogP contribution is 2.40. The van der Waals surface area contributed by atoms with Crippen molar-refractivity contribution in [3.05, 3.63) is 76.3 Å². The second-order valence-corrected chi connectivity index (χ2v) is 9.14. The predicted octanol–water partition coefficient (Wildman–Crippen LogP) is 3.75. The van der Waals surface area contributed by atoms with Crippen molar-refractivity contribution in [1.82, 2.24) is 29.0 Å². The van der Waals surface area contributed by atoms with E-state index >= 15 is 0 Å². The van der Waals surface area contributed by atoms with Gasteiger partial charge >= 0.3 is 6.18 Å². The molecule has 0 fully saturated rings. The highest BCUT2D eigenvalue weighted by molar-refractivity contribution is 5.99. The van der Waals surface area contributed by atoms with E-state index in [0.29, 0.717) is 41.8 Å². The fourth-order valence-electron chi connectivity index (χ4n) is 4.82. The highest BCUT2D eigenvalue weighted by Gasteiger charge is 2.39. The van der Waals surface area contributed by atoms with Gasteiger partial charge in [0.1, 0.15) is 6.26 Å². The van der Waals surface area contributed by atoms with Gasteiger partial charge in [-0.1, -0.05) is 0 Å².